The molecule has 0 bridgehead atoms. The smallest absolute Gasteiger partial charge is 0.311 e. The van der Waals surface area contributed by atoms with Crippen LogP contribution in [0.5, 0.6) is 0 Å². The number of hydrogen-bond acceptors (Lipinski definition) is 35. The Morgan fingerprint density at radius 2 is 0.803 bits per heavy atom. The summed E-state index contributed by atoms with van der Waals surface area (Å²) in [6.45, 7) is 50.8. The highest BCUT2D eigenvalue weighted by Gasteiger charge is 2.58. The standard InChI is InChI=1S/C47H84N2O15.C45H82N2O14.C4H6O3/c1-17-35-47(13,56)40(54)26(4)22-34(51)27(5)24-45(11,57-15)41(64-44-38(53)33(23-28(6)59-44)48(14)32(10)50)29(7)39(30(8)43(55)61-35)63-37-25-46(12,58-16)42(31(9)60-37)62-36(52)20-21-49(18-2)19-3;1-16-33-45(12,53)38(51)25(4)21-32(48)26(5)23-43(10,54-14)39(61-42-36(50)31(46-13)22-27(6)56-42)28(7)37(29(8)41(52)58-33)60-35-24-44(11,55-15)40(30(9)57-35)59-34(49)19-20-47(17-2)18-3;1-3(5)7-4(2)6/h26-31,33,35,37-42,44,53-54,56H,17-25H2,1-16H3;25-31,33,35-40,42,46,50-51,53H,16-24H2,1-15H3;1-2H3/t26-,27+,28+,29-,30+,31-,33-,35+,37-,38+,39-,40+,41+,42?,44-,45+,46+,47+;25-,26+,27+,28-,29+,30-,31-,33+,35-,36+,37-,38+,39+,40?,42-,43+,44+,45+;/m00./s1. The number of aliphatic hydroxyl groups is 6. The number of aliphatic hydroxyl groups excluding tert-OH is 4. The van der Waals surface area contributed by atoms with E-state index >= 15 is 0 Å². The van der Waals surface area contributed by atoms with Crippen molar-refractivity contribution in [1.82, 2.24) is 20.0 Å². The molecule has 0 aliphatic carbocycles. The summed E-state index contributed by atoms with van der Waals surface area (Å²) in [4.78, 5) is 121. The number of hydrogen-bond donors (Lipinski definition) is 7. The first-order valence-electron chi connectivity index (χ1n) is 47.8. The summed E-state index contributed by atoms with van der Waals surface area (Å²) in [6.07, 6.45) is -18.1. The van der Waals surface area contributed by atoms with Gasteiger partial charge in [-0.05, 0) is 167 Å². The molecule has 132 heavy (non-hydrogen) atoms. The molecule has 0 aromatic carbocycles. The second-order valence-corrected chi connectivity index (χ2v) is 39.3. The minimum absolute atomic E-state index is 0.0562. The Morgan fingerprint density at radius 1 is 0.470 bits per heavy atom. The van der Waals surface area contributed by atoms with Crippen molar-refractivity contribution in [3.63, 3.8) is 0 Å². The van der Waals surface area contributed by atoms with Gasteiger partial charge in [0.25, 0.3) is 0 Å². The number of methoxy groups -OCH3 is 4. The first kappa shape index (κ1) is 119. The van der Waals surface area contributed by atoms with E-state index in [0.717, 1.165) is 26.2 Å². The zero-order valence-corrected chi connectivity index (χ0v) is 85.7. The molecule has 36 nitrogen and oxygen atoms in total. The van der Waals surface area contributed by atoms with Crippen LogP contribution in [0.15, 0.2) is 0 Å². The molecule has 6 fully saturated rings. The van der Waals surface area contributed by atoms with E-state index in [0.29, 0.717) is 25.9 Å². The zero-order chi connectivity index (χ0) is 101. The van der Waals surface area contributed by atoms with Gasteiger partial charge in [0.15, 0.2) is 37.4 Å². The molecule has 6 heterocycles. The number of ether oxygens (including phenoxy) is 17. The number of amides is 1. The zero-order valence-electron chi connectivity index (χ0n) is 85.7. The molecule has 0 saturated carbocycles. The maximum absolute atomic E-state index is 14.5. The van der Waals surface area contributed by atoms with Gasteiger partial charge in [0.1, 0.15) is 58.4 Å². The average Bonchev–Trinajstić information content (AvgIpc) is 0.973. The van der Waals surface area contributed by atoms with E-state index < -0.39 is 234 Å². The van der Waals surface area contributed by atoms with Gasteiger partial charge in [-0.15, -0.1) is 0 Å². The van der Waals surface area contributed by atoms with Crippen LogP contribution < -0.4 is 5.32 Å². The van der Waals surface area contributed by atoms with Crippen LogP contribution in [0.3, 0.4) is 0 Å². The maximum atomic E-state index is 14.5. The Bertz CT molecular complexity index is 3580. The third kappa shape index (κ3) is 31.5. The monoisotopic (exact) mass is 1890 g/mol. The number of carbonyl (C=O) groups excluding carboxylic acids is 9. The molecule has 0 spiro atoms. The van der Waals surface area contributed by atoms with E-state index in [1.54, 1.807) is 97.2 Å². The lowest BCUT2D eigenvalue weighted by atomic mass is 9.76. The second-order valence-electron chi connectivity index (χ2n) is 39.3. The Hall–Kier alpha value is -5.01. The Morgan fingerprint density at radius 3 is 1.11 bits per heavy atom. The fourth-order valence-corrected chi connectivity index (χ4v) is 19.9. The summed E-state index contributed by atoms with van der Waals surface area (Å²) in [5.74, 6) is -10.4. The third-order valence-corrected chi connectivity index (χ3v) is 28.8. The number of rotatable bonds is 28. The molecule has 6 aliphatic heterocycles. The summed E-state index contributed by atoms with van der Waals surface area (Å²) in [7, 11) is 9.44. The van der Waals surface area contributed by atoms with Gasteiger partial charge in [0, 0.05) is 125 Å². The van der Waals surface area contributed by atoms with E-state index in [1.165, 1.54) is 68.0 Å². The lowest BCUT2D eigenvalue weighted by Gasteiger charge is -2.50. The number of nitrogens with zero attached hydrogens (tertiary/aromatic N) is 3. The van der Waals surface area contributed by atoms with Crippen molar-refractivity contribution in [2.45, 2.75) is 433 Å². The molecular formula is C96H172N4O32. The molecule has 36 atom stereocenters. The first-order valence-corrected chi connectivity index (χ1v) is 47.8. The molecule has 0 radical (unpaired) electrons. The fraction of sp³-hybridized carbons (Fsp3) is 0.906. The highest BCUT2D eigenvalue weighted by atomic mass is 16.7. The fourth-order valence-electron chi connectivity index (χ4n) is 19.9. The summed E-state index contributed by atoms with van der Waals surface area (Å²) in [6, 6.07) is -1.01. The van der Waals surface area contributed by atoms with E-state index in [1.807, 2.05) is 69.2 Å². The van der Waals surface area contributed by atoms with Crippen molar-refractivity contribution < 1.29 is 154 Å². The van der Waals surface area contributed by atoms with Crippen LogP contribution in [0.1, 0.15) is 264 Å². The number of esters is 6. The van der Waals surface area contributed by atoms with Crippen molar-refractivity contribution >= 4 is 53.3 Å². The number of nitrogens with one attached hydrogen (secondary N) is 1. The van der Waals surface area contributed by atoms with Crippen LogP contribution in [0.2, 0.25) is 0 Å². The number of Topliss-reactive ketones (excluding diaryl/α,β-unsaturated/α-hetero) is 2. The van der Waals surface area contributed by atoms with Gasteiger partial charge in [-0.2, -0.15) is 0 Å². The number of ketones is 2. The number of cyclic esters (lactones) is 2. The van der Waals surface area contributed by atoms with Crippen LogP contribution in [0, 0.1) is 47.3 Å². The summed E-state index contributed by atoms with van der Waals surface area (Å²) >= 11 is 0. The van der Waals surface area contributed by atoms with Gasteiger partial charge in [0.2, 0.25) is 5.91 Å². The molecule has 6 saturated heterocycles. The number of carbonyl (C=O) groups is 9. The minimum atomic E-state index is -1.93. The van der Waals surface area contributed by atoms with Gasteiger partial charge in [-0.3, -0.25) is 43.2 Å². The predicted molar refractivity (Wildman–Crippen MR) is 486 cm³/mol. The number of likely N-dealkylation sites (N-methyl/N-ethyl adjacent to an activating group) is 2. The molecule has 0 aromatic heterocycles. The highest BCUT2D eigenvalue weighted by Crippen LogP contribution is 2.46. The summed E-state index contributed by atoms with van der Waals surface area (Å²) in [5, 5.41) is 73.1. The molecule has 6 aliphatic rings. The molecule has 7 N–H and O–H groups in total. The predicted octanol–water partition coefficient (Wildman–Crippen LogP) is 7.90. The van der Waals surface area contributed by atoms with Crippen molar-refractivity contribution in [1.29, 1.82) is 0 Å². The van der Waals surface area contributed by atoms with E-state index in [9.17, 15) is 73.8 Å². The largest absolute Gasteiger partial charge is 0.459 e. The molecule has 2 unspecified atom stereocenters. The highest BCUT2D eigenvalue weighted by molar-refractivity contribution is 5.83. The van der Waals surface area contributed by atoms with Crippen molar-refractivity contribution in [2.75, 3.05) is 81.8 Å². The third-order valence-electron chi connectivity index (χ3n) is 28.8. The van der Waals surface area contributed by atoms with Crippen LogP contribution in [0.25, 0.3) is 0 Å². The Labute approximate surface area is 785 Å². The average molecular weight is 1890 g/mol. The van der Waals surface area contributed by atoms with E-state index in [-0.39, 0.29) is 99.8 Å². The molecule has 768 valence electrons. The summed E-state index contributed by atoms with van der Waals surface area (Å²) < 4.78 is 106. The van der Waals surface area contributed by atoms with Gasteiger partial charge in [-0.1, -0.05) is 83.1 Å². The van der Waals surface area contributed by atoms with Crippen molar-refractivity contribution in [3.8, 4) is 0 Å². The van der Waals surface area contributed by atoms with Gasteiger partial charge in [-0.25, -0.2) is 0 Å². The lowest BCUT2D eigenvalue weighted by Crippen LogP contribution is -2.61. The van der Waals surface area contributed by atoms with Crippen LogP contribution in [-0.2, 0) is 124 Å². The normalized spacial score (nSPS) is 40.9. The van der Waals surface area contributed by atoms with Crippen LogP contribution in [-0.4, -0.2) is 349 Å². The molecule has 36 heteroatoms. The summed E-state index contributed by atoms with van der Waals surface area (Å²) in [5.41, 5.74) is -8.57. The maximum Gasteiger partial charge on any atom is 0.311 e. The van der Waals surface area contributed by atoms with E-state index in [2.05, 4.69) is 19.9 Å². The van der Waals surface area contributed by atoms with Crippen molar-refractivity contribution in [2.24, 2.45) is 47.3 Å². The van der Waals surface area contributed by atoms with Gasteiger partial charge >= 0.3 is 35.8 Å². The van der Waals surface area contributed by atoms with Crippen LogP contribution >= 0.6 is 0 Å². The van der Waals surface area contributed by atoms with Crippen LogP contribution in [0.4, 0.5) is 0 Å². The molecular weight excluding hydrogens is 1720 g/mol. The molecule has 0 aromatic rings. The quantitative estimate of drug-likeness (QED) is 0.0222. The topological polar surface area (TPSA) is 454 Å². The Kier molecular flexibility index (Phi) is 47.8. The first-order chi connectivity index (χ1) is 61.3. The van der Waals surface area contributed by atoms with Gasteiger partial charge in [0.05, 0.1) is 103 Å². The minimum Gasteiger partial charge on any atom is -0.459 e. The SMILES string of the molecule is CC(=O)OC(C)=O.CC[C@H]1OC(=O)[C@H](C)[C@@H](O[C@H]2C[C@@](C)(OC)C(OC(=O)CCN(CC)CC)[C@H](C)O2)[C@H](C)[C@@H](O[C@@H]2O[C@H](C)C[C@H](N(C)C(C)=O)[C@H]2O)[C@](C)(OC)C[C@@H](C)C(=O)C[C@H](C)[C@@H](O)[C@]1(C)O.CC[C@H]1OC(=O)[C@H](C)[C@@H](O[C@H]2C[C@@](C)(OC)C(OC(=O)CCN(CC)CC)[C@H](C)O2)[C@H](C)[C@@H](O[C@@H]2O[C@H](C)C[C@H](NC)[C@H]2O)[C@](C)(OC)C[C@@H](C)C(=O)C[C@H](C)[C@@H](O)[C@]1(C)O. The van der Waals surface area contributed by atoms with Gasteiger partial charge < -0.3 is 131 Å². The van der Waals surface area contributed by atoms with E-state index in [4.69, 9.17) is 75.8 Å². The Balaban J connectivity index is 0.000000515. The molecule has 1 amide bonds. The molecule has 6 rings (SSSR count). The second kappa shape index (κ2) is 52.8. The lowest BCUT2D eigenvalue weighted by molar-refractivity contribution is -0.319. The van der Waals surface area contributed by atoms with Crippen molar-refractivity contribution in [3.05, 3.63) is 0 Å².